The van der Waals surface area contributed by atoms with Crippen molar-refractivity contribution < 1.29 is 19.1 Å². The molecular weight excluding hydrogens is 378 g/mol. The molecule has 4 rings (SSSR count). The summed E-state index contributed by atoms with van der Waals surface area (Å²) in [6, 6.07) is 18.7. The van der Waals surface area contributed by atoms with E-state index in [1.54, 1.807) is 24.3 Å². The van der Waals surface area contributed by atoms with Gasteiger partial charge in [0.25, 0.3) is 0 Å². The van der Waals surface area contributed by atoms with Crippen LogP contribution in [0.15, 0.2) is 66.7 Å². The number of hydrogen-bond donors (Lipinski definition) is 1. The molecule has 0 saturated heterocycles. The molecular formula is C22H14ClNO4. The SMILES string of the molecule is O=C(Nc1cc2c(cc1Cl)C(=O)c1ccccc1C2=O)OCc1ccccc1. The van der Waals surface area contributed by atoms with Crippen LogP contribution in [-0.4, -0.2) is 17.7 Å². The summed E-state index contributed by atoms with van der Waals surface area (Å²) in [6.07, 6.45) is -0.708. The Bertz CT molecular complexity index is 1110. The molecule has 6 heteroatoms. The van der Waals surface area contributed by atoms with Gasteiger partial charge in [-0.2, -0.15) is 0 Å². The monoisotopic (exact) mass is 391 g/mol. The molecule has 1 aliphatic rings. The number of carbonyl (C=O) groups excluding carboxylic acids is 3. The van der Waals surface area contributed by atoms with E-state index in [0.29, 0.717) is 11.1 Å². The van der Waals surface area contributed by atoms with Crippen molar-refractivity contribution in [3.8, 4) is 0 Å². The molecule has 28 heavy (non-hydrogen) atoms. The van der Waals surface area contributed by atoms with Gasteiger partial charge in [-0.15, -0.1) is 0 Å². The molecule has 0 atom stereocenters. The van der Waals surface area contributed by atoms with Gasteiger partial charge in [0.15, 0.2) is 11.6 Å². The molecule has 3 aromatic rings. The summed E-state index contributed by atoms with van der Waals surface area (Å²) in [5, 5.41) is 2.68. The van der Waals surface area contributed by atoms with Crippen LogP contribution in [0.4, 0.5) is 10.5 Å². The Kier molecular flexibility index (Phi) is 4.67. The van der Waals surface area contributed by atoms with Gasteiger partial charge < -0.3 is 4.74 Å². The maximum Gasteiger partial charge on any atom is 0.412 e. The summed E-state index contributed by atoms with van der Waals surface area (Å²) in [6.45, 7) is 0.0972. The zero-order valence-corrected chi connectivity index (χ0v) is 15.3. The molecule has 0 unspecified atom stereocenters. The first-order chi connectivity index (χ1) is 13.5. The van der Waals surface area contributed by atoms with Crippen LogP contribution in [0.3, 0.4) is 0 Å². The highest BCUT2D eigenvalue weighted by Crippen LogP contribution is 2.33. The van der Waals surface area contributed by atoms with Gasteiger partial charge >= 0.3 is 6.09 Å². The number of ketones is 2. The summed E-state index contributed by atoms with van der Waals surface area (Å²) < 4.78 is 5.17. The molecule has 0 fully saturated rings. The molecule has 0 aromatic heterocycles. The van der Waals surface area contributed by atoms with Crippen molar-refractivity contribution in [2.24, 2.45) is 0 Å². The Morgan fingerprint density at radius 3 is 2.04 bits per heavy atom. The summed E-state index contributed by atoms with van der Waals surface area (Å²) in [5.74, 6) is -0.562. The Morgan fingerprint density at radius 1 is 0.821 bits per heavy atom. The molecule has 0 bridgehead atoms. The lowest BCUT2D eigenvalue weighted by Crippen LogP contribution is -2.22. The fraction of sp³-hybridized carbons (Fsp3) is 0.0455. The second kappa shape index (κ2) is 7.29. The second-order valence-electron chi connectivity index (χ2n) is 6.27. The number of carbonyl (C=O) groups is 3. The zero-order valence-electron chi connectivity index (χ0n) is 14.6. The van der Waals surface area contributed by atoms with Crippen LogP contribution in [0.2, 0.25) is 5.02 Å². The first-order valence-corrected chi connectivity index (χ1v) is 8.92. The van der Waals surface area contributed by atoms with Crippen molar-refractivity contribution >= 4 is 34.9 Å². The van der Waals surface area contributed by atoms with Crippen LogP contribution in [0.5, 0.6) is 0 Å². The number of benzene rings is 3. The third-order valence-corrected chi connectivity index (χ3v) is 4.77. The number of rotatable bonds is 3. The molecule has 0 spiro atoms. The van der Waals surface area contributed by atoms with E-state index in [0.717, 1.165) is 5.56 Å². The Labute approximate surface area is 165 Å². The van der Waals surface area contributed by atoms with Crippen LogP contribution < -0.4 is 5.32 Å². The van der Waals surface area contributed by atoms with Crippen molar-refractivity contribution in [1.29, 1.82) is 0 Å². The maximum atomic E-state index is 12.8. The van der Waals surface area contributed by atoms with E-state index in [2.05, 4.69) is 5.32 Å². The molecule has 3 aromatic carbocycles. The molecule has 0 aliphatic heterocycles. The summed E-state index contributed by atoms with van der Waals surface area (Å²) in [4.78, 5) is 37.6. The standard InChI is InChI=1S/C22H14ClNO4/c23-18-10-16-17(21(26)15-9-5-4-8-14(15)20(16)25)11-19(18)24-22(27)28-12-13-6-2-1-3-7-13/h1-11H,12H2,(H,24,27). The van der Waals surface area contributed by atoms with Gasteiger partial charge in [-0.3, -0.25) is 14.9 Å². The number of nitrogens with one attached hydrogen (secondary N) is 1. The average molecular weight is 392 g/mol. The Hall–Kier alpha value is -3.44. The fourth-order valence-electron chi connectivity index (χ4n) is 3.08. The van der Waals surface area contributed by atoms with Gasteiger partial charge in [-0.25, -0.2) is 4.79 Å². The highest BCUT2D eigenvalue weighted by atomic mass is 35.5. The van der Waals surface area contributed by atoms with Crippen molar-refractivity contribution in [3.63, 3.8) is 0 Å². The molecule has 5 nitrogen and oxygen atoms in total. The van der Waals surface area contributed by atoms with Gasteiger partial charge in [0.05, 0.1) is 10.7 Å². The molecule has 0 saturated carbocycles. The summed E-state index contributed by atoms with van der Waals surface area (Å²) in [5.41, 5.74) is 2.15. The third-order valence-electron chi connectivity index (χ3n) is 4.46. The lowest BCUT2D eigenvalue weighted by atomic mass is 9.84. The third kappa shape index (κ3) is 3.28. The van der Waals surface area contributed by atoms with Crippen molar-refractivity contribution in [3.05, 3.63) is 99.6 Å². The molecule has 1 amide bonds. The van der Waals surface area contributed by atoms with E-state index in [4.69, 9.17) is 16.3 Å². The lowest BCUT2D eigenvalue weighted by Gasteiger charge is -2.19. The van der Waals surface area contributed by atoms with E-state index >= 15 is 0 Å². The zero-order chi connectivity index (χ0) is 19.7. The van der Waals surface area contributed by atoms with Gasteiger partial charge in [0.1, 0.15) is 6.61 Å². The largest absolute Gasteiger partial charge is 0.444 e. The predicted octanol–water partition coefficient (Wildman–Crippen LogP) is 4.86. The highest BCUT2D eigenvalue weighted by Gasteiger charge is 2.30. The van der Waals surface area contributed by atoms with Gasteiger partial charge in [-0.05, 0) is 17.7 Å². The van der Waals surface area contributed by atoms with Crippen LogP contribution in [0, 0.1) is 0 Å². The number of ether oxygens (including phenoxy) is 1. The van der Waals surface area contributed by atoms with Crippen LogP contribution in [-0.2, 0) is 11.3 Å². The van der Waals surface area contributed by atoms with E-state index in [-0.39, 0.29) is 40.0 Å². The molecule has 1 aliphatic carbocycles. The van der Waals surface area contributed by atoms with Gasteiger partial charge in [0, 0.05) is 22.3 Å². The number of halogens is 1. The van der Waals surface area contributed by atoms with Crippen LogP contribution in [0.25, 0.3) is 0 Å². The summed E-state index contributed by atoms with van der Waals surface area (Å²) >= 11 is 6.23. The maximum absolute atomic E-state index is 12.8. The van der Waals surface area contributed by atoms with E-state index < -0.39 is 6.09 Å². The second-order valence-corrected chi connectivity index (χ2v) is 6.68. The smallest absolute Gasteiger partial charge is 0.412 e. The number of anilines is 1. The highest BCUT2D eigenvalue weighted by molar-refractivity contribution is 6.36. The predicted molar refractivity (Wildman–Crippen MR) is 105 cm³/mol. The number of hydrogen-bond acceptors (Lipinski definition) is 4. The minimum atomic E-state index is -0.708. The number of fused-ring (bicyclic) bond motifs is 2. The van der Waals surface area contributed by atoms with E-state index in [9.17, 15) is 14.4 Å². The normalized spacial score (nSPS) is 12.2. The quantitative estimate of drug-likeness (QED) is 0.541. The van der Waals surface area contributed by atoms with Gasteiger partial charge in [0.2, 0.25) is 0 Å². The Morgan fingerprint density at radius 2 is 1.39 bits per heavy atom. The lowest BCUT2D eigenvalue weighted by molar-refractivity contribution is 0.0979. The minimum Gasteiger partial charge on any atom is -0.444 e. The average Bonchev–Trinajstić information content (AvgIpc) is 2.72. The van der Waals surface area contributed by atoms with Crippen molar-refractivity contribution in [1.82, 2.24) is 0 Å². The van der Waals surface area contributed by atoms with Gasteiger partial charge in [-0.1, -0.05) is 66.2 Å². The van der Waals surface area contributed by atoms with Crippen LogP contribution >= 0.6 is 11.6 Å². The molecule has 1 N–H and O–H groups in total. The van der Waals surface area contributed by atoms with Crippen molar-refractivity contribution in [2.75, 3.05) is 5.32 Å². The molecule has 0 heterocycles. The van der Waals surface area contributed by atoms with E-state index in [1.807, 2.05) is 30.3 Å². The topological polar surface area (TPSA) is 72.5 Å². The van der Waals surface area contributed by atoms with Crippen molar-refractivity contribution in [2.45, 2.75) is 6.61 Å². The number of amides is 1. The minimum absolute atomic E-state index is 0.0972. The van der Waals surface area contributed by atoms with E-state index in [1.165, 1.54) is 12.1 Å². The fourth-order valence-corrected chi connectivity index (χ4v) is 3.29. The summed E-state index contributed by atoms with van der Waals surface area (Å²) in [7, 11) is 0. The van der Waals surface area contributed by atoms with Crippen LogP contribution in [0.1, 0.15) is 37.4 Å². The Balaban J connectivity index is 1.57. The molecule has 138 valence electrons. The first kappa shape index (κ1) is 17.9. The first-order valence-electron chi connectivity index (χ1n) is 8.54. The molecule has 0 radical (unpaired) electrons.